The van der Waals surface area contributed by atoms with Gasteiger partial charge >= 0.3 is 0 Å². The molecule has 0 saturated carbocycles. The lowest BCUT2D eigenvalue weighted by Crippen LogP contribution is -3.00. The maximum absolute atomic E-state index is 5.81. The Kier molecular flexibility index (Phi) is 32.8. The molecule has 0 rings (SSSR count). The van der Waals surface area contributed by atoms with Crippen LogP contribution >= 0.6 is 0 Å². The zero-order valence-electron chi connectivity index (χ0n) is 29.9. The van der Waals surface area contributed by atoms with Crippen LogP contribution in [0.2, 0.25) is 0 Å². The molecule has 0 radical (unpaired) electrons. The molecular weight excluding hydrogens is 542 g/mol. The lowest BCUT2D eigenvalue weighted by atomic mass is 9.92. The molecule has 0 N–H and O–H groups in total. The molecule has 256 valence electrons. The van der Waals surface area contributed by atoms with Gasteiger partial charge in [0.1, 0.15) is 0 Å². The topological polar surface area (TPSA) is 27.7 Å². The molecule has 0 saturated heterocycles. The van der Waals surface area contributed by atoms with Gasteiger partial charge in [-0.1, -0.05) is 149 Å². The minimum Gasteiger partial charge on any atom is -1.00 e. The van der Waals surface area contributed by atoms with Gasteiger partial charge in [-0.25, -0.2) is 0 Å². The maximum Gasteiger partial charge on any atom is 0.285 e. The fraction of sp³-hybridized carbons (Fsp3) is 1.00. The molecule has 0 aliphatic rings. The zero-order valence-corrected chi connectivity index (χ0v) is 30.7. The van der Waals surface area contributed by atoms with Gasteiger partial charge < -0.3 is 31.1 Å². The largest absolute Gasteiger partial charge is 1.00 e. The molecule has 0 aliphatic carbocycles. The molecule has 0 fully saturated rings. The van der Waals surface area contributed by atoms with Crippen LogP contribution in [0, 0.1) is 5.92 Å². The zero-order chi connectivity index (χ0) is 30.5. The highest BCUT2D eigenvalue weighted by molar-refractivity contribution is 4.72. The summed E-state index contributed by atoms with van der Waals surface area (Å²) < 4.78 is 18.5. The first-order chi connectivity index (χ1) is 19.9. The van der Waals surface area contributed by atoms with Crippen LogP contribution in [0.3, 0.4) is 0 Å². The van der Waals surface area contributed by atoms with E-state index in [9.17, 15) is 0 Å². The molecule has 0 bridgehead atoms. The predicted molar refractivity (Wildman–Crippen MR) is 180 cm³/mol. The number of methoxy groups -OCH3 is 3. The molecule has 0 aromatic heterocycles. The number of ether oxygens (including phenoxy) is 3. The van der Waals surface area contributed by atoms with E-state index in [0.29, 0.717) is 0 Å². The SMILES string of the molecule is CCCCCCCCCCCCCCCCCC[N+](C)(C)CCCC(CCCCCCCCC)C(OC)(OC)OC.[Cl-]. The fourth-order valence-electron chi connectivity index (χ4n) is 6.56. The van der Waals surface area contributed by atoms with Crippen LogP contribution in [0.1, 0.15) is 181 Å². The van der Waals surface area contributed by atoms with Crippen LogP contribution in [0.15, 0.2) is 0 Å². The van der Waals surface area contributed by atoms with Crippen molar-refractivity contribution < 1.29 is 31.1 Å². The fourth-order valence-corrected chi connectivity index (χ4v) is 6.56. The Labute approximate surface area is 271 Å². The number of quaternary nitrogens is 1. The van der Waals surface area contributed by atoms with Crippen molar-refractivity contribution in [3.8, 4) is 0 Å². The number of hydrogen-bond acceptors (Lipinski definition) is 3. The van der Waals surface area contributed by atoms with Crippen molar-refractivity contribution in [1.82, 2.24) is 0 Å². The van der Waals surface area contributed by atoms with Crippen molar-refractivity contribution in [1.29, 1.82) is 0 Å². The molecule has 0 heterocycles. The normalized spacial score (nSPS) is 12.9. The summed E-state index contributed by atoms with van der Waals surface area (Å²) in [5.41, 5.74) is 0. The Morgan fingerprint density at radius 2 is 0.714 bits per heavy atom. The molecule has 4 nitrogen and oxygen atoms in total. The van der Waals surface area contributed by atoms with Gasteiger partial charge in [0.05, 0.1) is 27.2 Å². The van der Waals surface area contributed by atoms with Crippen LogP contribution in [0.5, 0.6) is 0 Å². The van der Waals surface area contributed by atoms with Crippen LogP contribution in [-0.4, -0.2) is 59.0 Å². The second kappa shape index (κ2) is 31.1. The minimum atomic E-state index is -0.909. The van der Waals surface area contributed by atoms with E-state index in [-0.39, 0.29) is 18.3 Å². The lowest BCUT2D eigenvalue weighted by Gasteiger charge is -2.37. The standard InChI is InChI=1S/C37H78NO3.ClH/c1-8-10-12-14-16-17-18-19-20-21-22-23-24-26-28-30-34-38(3,4)35-31-33-36(37(39-5,40-6)41-7)32-29-27-25-15-13-11-9-2;/h36H,8-35H2,1-7H3;1H/q+1;/p-1. The third-order valence-electron chi connectivity index (χ3n) is 9.44. The summed E-state index contributed by atoms with van der Waals surface area (Å²) in [4.78, 5) is 0. The second-order valence-electron chi connectivity index (χ2n) is 13.7. The Morgan fingerprint density at radius 1 is 0.429 bits per heavy atom. The molecule has 0 aliphatic heterocycles. The van der Waals surface area contributed by atoms with Crippen molar-refractivity contribution >= 4 is 0 Å². The van der Waals surface area contributed by atoms with Crippen LogP contribution in [-0.2, 0) is 14.2 Å². The van der Waals surface area contributed by atoms with Gasteiger partial charge in [0.15, 0.2) is 0 Å². The lowest BCUT2D eigenvalue weighted by molar-refractivity contribution is -0.890. The number of rotatable bonds is 33. The first-order valence-electron chi connectivity index (χ1n) is 18.4. The van der Waals surface area contributed by atoms with E-state index < -0.39 is 5.97 Å². The molecule has 1 atom stereocenters. The summed E-state index contributed by atoms with van der Waals surface area (Å²) in [6.07, 6.45) is 35.6. The summed E-state index contributed by atoms with van der Waals surface area (Å²) in [6.45, 7) is 7.07. The molecule has 5 heteroatoms. The smallest absolute Gasteiger partial charge is 0.285 e. The highest BCUT2D eigenvalue weighted by Gasteiger charge is 2.39. The van der Waals surface area contributed by atoms with Gasteiger partial charge in [-0.3, -0.25) is 0 Å². The number of nitrogens with zero attached hydrogens (tertiary/aromatic N) is 1. The molecule has 0 amide bonds. The van der Waals surface area contributed by atoms with Crippen molar-refractivity contribution in [2.24, 2.45) is 5.92 Å². The van der Waals surface area contributed by atoms with Crippen molar-refractivity contribution in [3.63, 3.8) is 0 Å². The quantitative estimate of drug-likeness (QED) is 0.0419. The third kappa shape index (κ3) is 24.5. The summed E-state index contributed by atoms with van der Waals surface area (Å²) >= 11 is 0. The van der Waals surface area contributed by atoms with Crippen LogP contribution in [0.4, 0.5) is 0 Å². The average Bonchev–Trinajstić information content (AvgIpc) is 2.97. The van der Waals surface area contributed by atoms with Crippen LogP contribution in [0.25, 0.3) is 0 Å². The highest BCUT2D eigenvalue weighted by Crippen LogP contribution is 2.32. The van der Waals surface area contributed by atoms with Gasteiger partial charge in [0, 0.05) is 27.2 Å². The summed E-state index contributed by atoms with van der Waals surface area (Å²) in [5.74, 6) is -0.638. The highest BCUT2D eigenvalue weighted by atomic mass is 35.5. The first kappa shape index (κ1) is 44.3. The van der Waals surface area contributed by atoms with E-state index in [1.54, 1.807) is 21.3 Å². The summed E-state index contributed by atoms with van der Waals surface area (Å²) in [6, 6.07) is 0. The van der Waals surface area contributed by atoms with E-state index >= 15 is 0 Å². The van der Waals surface area contributed by atoms with Gasteiger partial charge in [-0.15, -0.1) is 0 Å². The van der Waals surface area contributed by atoms with E-state index in [4.69, 9.17) is 14.2 Å². The molecule has 1 unspecified atom stereocenters. The summed E-state index contributed by atoms with van der Waals surface area (Å²) in [5, 5.41) is 0. The van der Waals surface area contributed by atoms with Crippen LogP contribution < -0.4 is 12.4 Å². The molecule has 0 spiro atoms. The monoisotopic (exact) mass is 620 g/mol. The van der Waals surface area contributed by atoms with E-state index in [0.717, 1.165) is 17.3 Å². The maximum atomic E-state index is 5.81. The average molecular weight is 620 g/mol. The van der Waals surface area contributed by atoms with E-state index in [2.05, 4.69) is 27.9 Å². The Morgan fingerprint density at radius 3 is 1.07 bits per heavy atom. The first-order valence-corrected chi connectivity index (χ1v) is 18.4. The van der Waals surface area contributed by atoms with Crippen molar-refractivity contribution in [3.05, 3.63) is 0 Å². The second-order valence-corrected chi connectivity index (χ2v) is 13.7. The Bertz CT molecular complexity index is 519. The summed E-state index contributed by atoms with van der Waals surface area (Å²) in [7, 11) is 9.99. The number of hydrogen-bond donors (Lipinski definition) is 0. The van der Waals surface area contributed by atoms with E-state index in [1.165, 1.54) is 167 Å². The van der Waals surface area contributed by atoms with Gasteiger partial charge in [-0.05, 0) is 32.1 Å². The van der Waals surface area contributed by atoms with Crippen molar-refractivity contribution in [2.75, 3.05) is 48.5 Å². The predicted octanol–water partition coefficient (Wildman–Crippen LogP) is 8.46. The minimum absolute atomic E-state index is 0. The van der Waals surface area contributed by atoms with Gasteiger partial charge in [0.25, 0.3) is 5.97 Å². The van der Waals surface area contributed by atoms with Gasteiger partial charge in [0.2, 0.25) is 0 Å². The molecule has 0 aromatic carbocycles. The Balaban J connectivity index is 0. The number of unbranched alkanes of at least 4 members (excludes halogenated alkanes) is 21. The van der Waals surface area contributed by atoms with Crippen molar-refractivity contribution in [2.45, 2.75) is 187 Å². The number of halogens is 1. The third-order valence-corrected chi connectivity index (χ3v) is 9.44. The molecule has 42 heavy (non-hydrogen) atoms. The Hall–Kier alpha value is 0.130. The molecular formula is C37H78ClNO3. The molecule has 0 aromatic rings. The van der Waals surface area contributed by atoms with E-state index in [1.807, 2.05) is 0 Å². The van der Waals surface area contributed by atoms with Gasteiger partial charge in [-0.2, -0.15) is 0 Å².